The molecule has 31 heavy (non-hydrogen) atoms. The first-order valence-electron chi connectivity index (χ1n) is 10.0. The van der Waals surface area contributed by atoms with E-state index in [1.165, 1.54) is 16.9 Å². The fraction of sp³-hybridized carbons (Fsp3) is 0.250. The predicted octanol–water partition coefficient (Wildman–Crippen LogP) is 6.04. The van der Waals surface area contributed by atoms with E-state index in [0.717, 1.165) is 49.8 Å². The number of fused-ring (bicyclic) bond motifs is 1. The lowest BCUT2D eigenvalue weighted by Gasteiger charge is -2.08. The van der Waals surface area contributed by atoms with Gasteiger partial charge in [-0.3, -0.25) is 5.32 Å². The van der Waals surface area contributed by atoms with E-state index in [0.29, 0.717) is 5.00 Å². The summed E-state index contributed by atoms with van der Waals surface area (Å²) in [5.41, 5.74) is 8.49. The van der Waals surface area contributed by atoms with E-state index in [-0.39, 0.29) is 6.61 Å². The number of nitrogens with one attached hydrogen (secondary N) is 1. The van der Waals surface area contributed by atoms with Crippen molar-refractivity contribution in [2.75, 3.05) is 5.32 Å². The molecule has 2 heterocycles. The summed E-state index contributed by atoms with van der Waals surface area (Å²) in [7, 11) is 0. The van der Waals surface area contributed by atoms with Crippen LogP contribution in [0.2, 0.25) is 0 Å². The minimum Gasteiger partial charge on any atom is -0.444 e. The number of hydrogen-bond donors (Lipinski definition) is 1. The molecule has 0 aliphatic carbocycles. The number of aryl methyl sites for hydroxylation is 5. The molecule has 2 aromatic heterocycles. The third-order valence-corrected chi connectivity index (χ3v) is 6.24. The highest BCUT2D eigenvalue weighted by Gasteiger charge is 2.14. The molecule has 0 aliphatic rings. The number of hydrogen-bond acceptors (Lipinski definition) is 6. The van der Waals surface area contributed by atoms with Crippen LogP contribution in [0.1, 0.15) is 33.8 Å². The van der Waals surface area contributed by atoms with Crippen molar-refractivity contribution >= 4 is 33.5 Å². The Morgan fingerprint density at radius 1 is 0.903 bits per heavy atom. The first-order valence-corrected chi connectivity index (χ1v) is 10.8. The van der Waals surface area contributed by atoms with Gasteiger partial charge in [-0.05, 0) is 57.9 Å². The van der Waals surface area contributed by atoms with Crippen molar-refractivity contribution in [2.45, 2.75) is 41.2 Å². The SMILES string of the molecule is Cc1ccc(-c2nc(C)c(NC(=O)OCc3ccc4nc(C)c(C)nc4c3)s2)c(C)c1. The topological polar surface area (TPSA) is 77.0 Å². The molecule has 0 saturated carbocycles. The summed E-state index contributed by atoms with van der Waals surface area (Å²) in [6.45, 7) is 10.0. The monoisotopic (exact) mass is 432 g/mol. The summed E-state index contributed by atoms with van der Waals surface area (Å²) in [4.78, 5) is 26.1. The highest BCUT2D eigenvalue weighted by Crippen LogP contribution is 2.33. The molecule has 4 rings (SSSR count). The minimum atomic E-state index is -0.509. The van der Waals surface area contributed by atoms with Gasteiger partial charge < -0.3 is 4.74 Å². The van der Waals surface area contributed by atoms with Crippen LogP contribution in [0.4, 0.5) is 9.80 Å². The Bertz CT molecular complexity index is 1300. The molecule has 0 atom stereocenters. The molecule has 0 saturated heterocycles. The molecule has 6 nitrogen and oxygen atoms in total. The van der Waals surface area contributed by atoms with Crippen LogP contribution in [0.25, 0.3) is 21.6 Å². The molecule has 0 radical (unpaired) electrons. The van der Waals surface area contributed by atoms with Crippen molar-refractivity contribution in [1.82, 2.24) is 15.0 Å². The zero-order valence-corrected chi connectivity index (χ0v) is 19.1. The van der Waals surface area contributed by atoms with Gasteiger partial charge >= 0.3 is 6.09 Å². The molecule has 1 N–H and O–H groups in total. The average molecular weight is 433 g/mol. The number of rotatable bonds is 4. The van der Waals surface area contributed by atoms with Gasteiger partial charge in [0.25, 0.3) is 0 Å². The zero-order valence-electron chi connectivity index (χ0n) is 18.2. The van der Waals surface area contributed by atoms with Gasteiger partial charge in [-0.15, -0.1) is 0 Å². The van der Waals surface area contributed by atoms with Gasteiger partial charge in [-0.25, -0.2) is 19.7 Å². The lowest BCUT2D eigenvalue weighted by Crippen LogP contribution is -2.13. The Hall–Kier alpha value is -3.32. The van der Waals surface area contributed by atoms with Crippen LogP contribution in [0, 0.1) is 34.6 Å². The highest BCUT2D eigenvalue weighted by atomic mass is 32.1. The lowest BCUT2D eigenvalue weighted by molar-refractivity contribution is 0.155. The van der Waals surface area contributed by atoms with Crippen LogP contribution in [0.3, 0.4) is 0 Å². The number of carbonyl (C=O) groups is 1. The number of anilines is 1. The van der Waals surface area contributed by atoms with Gasteiger partial charge in [0.2, 0.25) is 0 Å². The molecular weight excluding hydrogens is 408 g/mol. The summed E-state index contributed by atoms with van der Waals surface area (Å²) in [5, 5.41) is 4.39. The predicted molar refractivity (Wildman–Crippen MR) is 125 cm³/mol. The second-order valence-electron chi connectivity index (χ2n) is 7.67. The van der Waals surface area contributed by atoms with Crippen LogP contribution >= 0.6 is 11.3 Å². The number of aromatic nitrogens is 3. The molecule has 4 aromatic rings. The number of nitrogens with zero attached hydrogens (tertiary/aromatic N) is 3. The standard InChI is InChI=1S/C24H24N4O2S/c1-13-6-8-19(14(2)10-13)23-27-17(5)22(31-23)28-24(29)30-12-18-7-9-20-21(11-18)26-16(4)15(3)25-20/h6-11H,12H2,1-5H3,(H,28,29). The summed E-state index contributed by atoms with van der Waals surface area (Å²) in [6, 6.07) is 12.0. The summed E-state index contributed by atoms with van der Waals surface area (Å²) < 4.78 is 5.42. The van der Waals surface area contributed by atoms with E-state index in [1.807, 2.05) is 39.0 Å². The maximum absolute atomic E-state index is 12.4. The van der Waals surface area contributed by atoms with Crippen LogP contribution < -0.4 is 5.32 Å². The quantitative estimate of drug-likeness (QED) is 0.425. The van der Waals surface area contributed by atoms with Crippen molar-refractivity contribution in [3.05, 3.63) is 70.2 Å². The molecule has 7 heteroatoms. The summed E-state index contributed by atoms with van der Waals surface area (Å²) >= 11 is 1.45. The van der Waals surface area contributed by atoms with Crippen molar-refractivity contribution < 1.29 is 9.53 Å². The maximum Gasteiger partial charge on any atom is 0.412 e. The first kappa shape index (κ1) is 20.9. The molecule has 0 aliphatic heterocycles. The van der Waals surface area contributed by atoms with E-state index >= 15 is 0 Å². The number of ether oxygens (including phenoxy) is 1. The van der Waals surface area contributed by atoms with Gasteiger partial charge in [0.05, 0.1) is 28.1 Å². The average Bonchev–Trinajstić information content (AvgIpc) is 3.07. The van der Waals surface area contributed by atoms with E-state index in [2.05, 4.69) is 52.3 Å². The second-order valence-corrected chi connectivity index (χ2v) is 8.67. The van der Waals surface area contributed by atoms with Crippen LogP contribution in [-0.4, -0.2) is 21.0 Å². The maximum atomic E-state index is 12.4. The van der Waals surface area contributed by atoms with Crippen molar-refractivity contribution in [1.29, 1.82) is 0 Å². The molecule has 2 aromatic carbocycles. The molecule has 0 spiro atoms. The fourth-order valence-electron chi connectivity index (χ4n) is 3.32. The van der Waals surface area contributed by atoms with E-state index < -0.39 is 6.09 Å². The third kappa shape index (κ3) is 4.56. The van der Waals surface area contributed by atoms with Gasteiger partial charge in [0.1, 0.15) is 16.6 Å². The third-order valence-electron chi connectivity index (χ3n) is 5.13. The molecular formula is C24H24N4O2S. The zero-order chi connectivity index (χ0) is 22.1. The van der Waals surface area contributed by atoms with Gasteiger partial charge in [0, 0.05) is 5.56 Å². The van der Waals surface area contributed by atoms with Crippen molar-refractivity contribution in [2.24, 2.45) is 0 Å². The molecule has 158 valence electrons. The van der Waals surface area contributed by atoms with E-state index in [1.54, 1.807) is 0 Å². The van der Waals surface area contributed by atoms with Crippen LogP contribution in [0.5, 0.6) is 0 Å². The molecule has 1 amide bonds. The van der Waals surface area contributed by atoms with Gasteiger partial charge in [-0.1, -0.05) is 41.2 Å². The normalized spacial score (nSPS) is 11.0. The van der Waals surface area contributed by atoms with Crippen molar-refractivity contribution in [3.63, 3.8) is 0 Å². The van der Waals surface area contributed by atoms with Crippen molar-refractivity contribution in [3.8, 4) is 10.6 Å². The second kappa shape index (κ2) is 8.43. The number of amides is 1. The summed E-state index contributed by atoms with van der Waals surface area (Å²) in [6.07, 6.45) is -0.509. The Balaban J connectivity index is 1.44. The van der Waals surface area contributed by atoms with Crippen LogP contribution in [-0.2, 0) is 11.3 Å². The van der Waals surface area contributed by atoms with Gasteiger partial charge in [-0.2, -0.15) is 0 Å². The number of carbonyl (C=O) groups excluding carboxylic acids is 1. The molecule has 0 unspecified atom stereocenters. The highest BCUT2D eigenvalue weighted by molar-refractivity contribution is 7.19. The Morgan fingerprint density at radius 2 is 1.65 bits per heavy atom. The summed E-state index contributed by atoms with van der Waals surface area (Å²) in [5.74, 6) is 0. The first-order chi connectivity index (χ1) is 14.8. The Morgan fingerprint density at radius 3 is 2.39 bits per heavy atom. The van der Waals surface area contributed by atoms with Crippen LogP contribution in [0.15, 0.2) is 36.4 Å². The van der Waals surface area contributed by atoms with E-state index in [4.69, 9.17) is 4.74 Å². The smallest absolute Gasteiger partial charge is 0.412 e. The lowest BCUT2D eigenvalue weighted by atomic mass is 10.1. The minimum absolute atomic E-state index is 0.151. The van der Waals surface area contributed by atoms with E-state index in [9.17, 15) is 4.79 Å². The number of benzene rings is 2. The largest absolute Gasteiger partial charge is 0.444 e. The number of thiazole rings is 1. The Labute approximate surface area is 185 Å². The van der Waals surface area contributed by atoms with Gasteiger partial charge in [0.15, 0.2) is 0 Å². The fourth-order valence-corrected chi connectivity index (χ4v) is 4.37. The molecule has 0 bridgehead atoms. The molecule has 0 fully saturated rings. The Kier molecular flexibility index (Phi) is 5.69.